The number of hydrogen-bond acceptors (Lipinski definition) is 4. The highest BCUT2D eigenvalue weighted by atomic mass is 16.3. The van der Waals surface area contributed by atoms with Gasteiger partial charge in [0.25, 0.3) is 0 Å². The molecule has 0 fully saturated rings. The Bertz CT molecular complexity index is 409. The molecule has 0 aliphatic heterocycles. The zero-order chi connectivity index (χ0) is 9.26. The largest absolute Gasteiger partial charge is 0.504 e. The lowest BCUT2D eigenvalue weighted by molar-refractivity contribution is 0.404. The van der Waals surface area contributed by atoms with E-state index in [2.05, 4.69) is 4.98 Å². The highest BCUT2D eigenvalue weighted by Crippen LogP contribution is 2.29. The molecule has 4 nitrogen and oxygen atoms in total. The lowest BCUT2D eigenvalue weighted by atomic mass is 10.1. The van der Waals surface area contributed by atoms with Gasteiger partial charge in [0.05, 0.1) is 6.20 Å². The number of nitrogens with zero attached hydrogens (tertiary/aromatic N) is 1. The van der Waals surface area contributed by atoms with E-state index in [-0.39, 0.29) is 11.5 Å². The minimum absolute atomic E-state index is 0.150. The summed E-state index contributed by atoms with van der Waals surface area (Å²) < 4.78 is 5.01. The van der Waals surface area contributed by atoms with E-state index >= 15 is 0 Å². The quantitative estimate of drug-likeness (QED) is 0.651. The molecule has 0 unspecified atom stereocenters. The van der Waals surface area contributed by atoms with Crippen LogP contribution in [0.25, 0.3) is 11.3 Å². The number of benzene rings is 1. The first kappa shape index (κ1) is 7.67. The molecule has 2 aromatic rings. The minimum atomic E-state index is -0.172. The smallest absolute Gasteiger partial charge is 0.181 e. The molecule has 1 aromatic heterocycles. The van der Waals surface area contributed by atoms with Gasteiger partial charge in [-0.05, 0) is 18.2 Å². The predicted molar refractivity (Wildman–Crippen MR) is 45.3 cm³/mol. The average Bonchev–Trinajstić information content (AvgIpc) is 2.62. The van der Waals surface area contributed by atoms with Gasteiger partial charge in [-0.15, -0.1) is 0 Å². The average molecular weight is 177 g/mol. The summed E-state index contributed by atoms with van der Waals surface area (Å²) in [5, 5.41) is 18.2. The van der Waals surface area contributed by atoms with E-state index in [1.165, 1.54) is 24.7 Å². The van der Waals surface area contributed by atoms with Gasteiger partial charge in [0, 0.05) is 5.56 Å². The van der Waals surface area contributed by atoms with Crippen LogP contribution in [0.5, 0.6) is 11.5 Å². The number of aromatic nitrogens is 1. The predicted octanol–water partition coefficient (Wildman–Crippen LogP) is 1.75. The molecule has 0 spiro atoms. The van der Waals surface area contributed by atoms with Gasteiger partial charge >= 0.3 is 0 Å². The molecule has 66 valence electrons. The van der Waals surface area contributed by atoms with Gasteiger partial charge in [0.15, 0.2) is 23.7 Å². The minimum Gasteiger partial charge on any atom is -0.504 e. The highest BCUT2D eigenvalue weighted by Gasteiger charge is 2.04. The lowest BCUT2D eigenvalue weighted by Gasteiger charge is -1.99. The number of phenolic OH excluding ortho intramolecular Hbond substituents is 2. The molecule has 0 saturated carbocycles. The molecular weight excluding hydrogens is 170 g/mol. The van der Waals surface area contributed by atoms with Crippen LogP contribution in [0.4, 0.5) is 0 Å². The Kier molecular flexibility index (Phi) is 1.66. The molecule has 0 radical (unpaired) electrons. The van der Waals surface area contributed by atoms with Crippen LogP contribution in [-0.4, -0.2) is 15.2 Å². The monoisotopic (exact) mass is 177 g/mol. The Morgan fingerprint density at radius 1 is 1.15 bits per heavy atom. The standard InChI is InChI=1S/C9H7NO3/c11-7-2-1-6(3-8(7)12)9-4-10-5-13-9/h1-5,11-12H. The zero-order valence-corrected chi connectivity index (χ0v) is 6.64. The van der Waals surface area contributed by atoms with E-state index in [0.29, 0.717) is 11.3 Å². The summed E-state index contributed by atoms with van der Waals surface area (Å²) in [5.41, 5.74) is 0.674. The van der Waals surface area contributed by atoms with Crippen LogP contribution < -0.4 is 0 Å². The van der Waals surface area contributed by atoms with Crippen LogP contribution in [0, 0.1) is 0 Å². The van der Waals surface area contributed by atoms with Crippen LogP contribution >= 0.6 is 0 Å². The van der Waals surface area contributed by atoms with Gasteiger partial charge in [0.2, 0.25) is 0 Å². The molecular formula is C9H7NO3. The molecule has 0 saturated heterocycles. The third kappa shape index (κ3) is 1.33. The third-order valence-corrected chi connectivity index (χ3v) is 1.69. The fourth-order valence-corrected chi connectivity index (χ4v) is 1.04. The summed E-state index contributed by atoms with van der Waals surface area (Å²) in [6.07, 6.45) is 2.84. The molecule has 2 N–H and O–H groups in total. The number of oxazole rings is 1. The molecule has 4 heteroatoms. The van der Waals surface area contributed by atoms with Crippen molar-refractivity contribution in [3.05, 3.63) is 30.8 Å². The Morgan fingerprint density at radius 2 is 2.00 bits per heavy atom. The third-order valence-electron chi connectivity index (χ3n) is 1.69. The molecule has 0 bridgehead atoms. The Balaban J connectivity index is 2.49. The van der Waals surface area contributed by atoms with Crippen molar-refractivity contribution >= 4 is 0 Å². The molecule has 1 aromatic carbocycles. The van der Waals surface area contributed by atoms with E-state index in [9.17, 15) is 5.11 Å². The highest BCUT2D eigenvalue weighted by molar-refractivity contribution is 5.61. The van der Waals surface area contributed by atoms with Crippen molar-refractivity contribution in [1.82, 2.24) is 4.98 Å². The maximum absolute atomic E-state index is 9.19. The van der Waals surface area contributed by atoms with Crippen molar-refractivity contribution in [3.63, 3.8) is 0 Å². The molecule has 0 amide bonds. The number of rotatable bonds is 1. The number of phenols is 2. The number of aromatic hydroxyl groups is 2. The Labute approximate surface area is 74.1 Å². The topological polar surface area (TPSA) is 66.5 Å². The lowest BCUT2D eigenvalue weighted by Crippen LogP contribution is -1.74. The van der Waals surface area contributed by atoms with E-state index in [1.54, 1.807) is 6.07 Å². The van der Waals surface area contributed by atoms with Gasteiger partial charge in [-0.1, -0.05) is 0 Å². The second kappa shape index (κ2) is 2.82. The second-order valence-electron chi connectivity index (χ2n) is 2.57. The van der Waals surface area contributed by atoms with Crippen LogP contribution in [-0.2, 0) is 0 Å². The van der Waals surface area contributed by atoms with E-state index in [1.807, 2.05) is 0 Å². The van der Waals surface area contributed by atoms with Gasteiger partial charge in [0.1, 0.15) is 0 Å². The van der Waals surface area contributed by atoms with E-state index in [0.717, 1.165) is 0 Å². The molecule has 1 heterocycles. The summed E-state index contributed by atoms with van der Waals surface area (Å²) in [6, 6.07) is 4.44. The fourth-order valence-electron chi connectivity index (χ4n) is 1.04. The van der Waals surface area contributed by atoms with Crippen LogP contribution in [0.15, 0.2) is 35.2 Å². The summed E-state index contributed by atoms with van der Waals surface area (Å²) in [6.45, 7) is 0. The van der Waals surface area contributed by atoms with Crippen molar-refractivity contribution < 1.29 is 14.6 Å². The van der Waals surface area contributed by atoms with Crippen molar-refractivity contribution in [2.75, 3.05) is 0 Å². The van der Waals surface area contributed by atoms with E-state index < -0.39 is 0 Å². The number of hydrogen-bond donors (Lipinski definition) is 2. The molecule has 2 rings (SSSR count). The van der Waals surface area contributed by atoms with Crippen molar-refractivity contribution in [1.29, 1.82) is 0 Å². The van der Waals surface area contributed by atoms with Crippen molar-refractivity contribution in [2.24, 2.45) is 0 Å². The van der Waals surface area contributed by atoms with Crippen molar-refractivity contribution in [3.8, 4) is 22.8 Å². The fraction of sp³-hybridized carbons (Fsp3) is 0. The van der Waals surface area contributed by atoms with Gasteiger partial charge in [-0.2, -0.15) is 0 Å². The summed E-state index contributed by atoms with van der Waals surface area (Å²) in [5.74, 6) is 0.229. The van der Waals surface area contributed by atoms with Gasteiger partial charge in [-0.25, -0.2) is 4.98 Å². The molecule has 13 heavy (non-hydrogen) atoms. The molecule has 0 atom stereocenters. The normalized spacial score (nSPS) is 10.2. The zero-order valence-electron chi connectivity index (χ0n) is 6.64. The molecule has 0 aliphatic rings. The van der Waals surface area contributed by atoms with Gasteiger partial charge in [-0.3, -0.25) is 0 Å². The Hall–Kier alpha value is -1.97. The van der Waals surface area contributed by atoms with Crippen LogP contribution in [0.1, 0.15) is 0 Å². The summed E-state index contributed by atoms with van der Waals surface area (Å²) >= 11 is 0. The Morgan fingerprint density at radius 3 is 2.62 bits per heavy atom. The molecule has 0 aliphatic carbocycles. The maximum Gasteiger partial charge on any atom is 0.181 e. The van der Waals surface area contributed by atoms with Crippen LogP contribution in [0.2, 0.25) is 0 Å². The first-order valence-corrected chi connectivity index (χ1v) is 3.68. The summed E-state index contributed by atoms with van der Waals surface area (Å²) in [4.78, 5) is 3.74. The summed E-state index contributed by atoms with van der Waals surface area (Å²) in [7, 11) is 0. The van der Waals surface area contributed by atoms with Gasteiger partial charge < -0.3 is 14.6 Å². The first-order chi connectivity index (χ1) is 6.27. The maximum atomic E-state index is 9.19. The van der Waals surface area contributed by atoms with E-state index in [4.69, 9.17) is 9.52 Å². The van der Waals surface area contributed by atoms with Crippen LogP contribution in [0.3, 0.4) is 0 Å². The SMILES string of the molecule is Oc1ccc(-c2cnco2)cc1O. The second-order valence-corrected chi connectivity index (χ2v) is 2.57. The first-order valence-electron chi connectivity index (χ1n) is 3.68. The van der Waals surface area contributed by atoms with Crippen molar-refractivity contribution in [2.45, 2.75) is 0 Å².